The van der Waals surface area contributed by atoms with E-state index in [2.05, 4.69) is 26.2 Å². The van der Waals surface area contributed by atoms with Gasteiger partial charge in [-0.2, -0.15) is 0 Å². The Labute approximate surface area is 123 Å². The van der Waals surface area contributed by atoms with Gasteiger partial charge in [0.25, 0.3) is 5.91 Å². The first-order chi connectivity index (χ1) is 9.49. The van der Waals surface area contributed by atoms with E-state index < -0.39 is 5.97 Å². The smallest absolute Gasteiger partial charge is 0.354 e. The molecule has 2 N–H and O–H groups in total. The van der Waals surface area contributed by atoms with Crippen LogP contribution >= 0.6 is 15.9 Å². The van der Waals surface area contributed by atoms with Gasteiger partial charge < -0.3 is 10.4 Å². The summed E-state index contributed by atoms with van der Waals surface area (Å²) in [7, 11) is 0. The number of amides is 1. The number of nitrogens with zero attached hydrogens (tertiary/aromatic N) is 1. The highest BCUT2D eigenvalue weighted by Gasteiger charge is 2.11. The van der Waals surface area contributed by atoms with Crippen LogP contribution in [0.2, 0.25) is 0 Å². The number of anilines is 1. The van der Waals surface area contributed by atoms with Crippen LogP contribution in [0.4, 0.5) is 5.69 Å². The predicted molar refractivity (Wildman–Crippen MR) is 78.0 cm³/mol. The van der Waals surface area contributed by atoms with Crippen molar-refractivity contribution in [1.82, 2.24) is 4.98 Å². The predicted octanol–water partition coefficient (Wildman–Crippen LogP) is 3.10. The Kier molecular flexibility index (Phi) is 4.14. The fraction of sp³-hybridized carbons (Fsp3) is 0.0714. The van der Waals surface area contributed by atoms with E-state index in [4.69, 9.17) is 5.11 Å². The number of carboxylic acids is 1. The molecule has 2 rings (SSSR count). The molecule has 2 aromatic rings. The molecule has 1 aromatic heterocycles. The number of benzene rings is 1. The van der Waals surface area contributed by atoms with Crippen LogP contribution in [0.25, 0.3) is 0 Å². The largest absolute Gasteiger partial charge is 0.477 e. The molecule has 1 aromatic carbocycles. The van der Waals surface area contributed by atoms with Crippen molar-refractivity contribution < 1.29 is 14.7 Å². The zero-order valence-electron chi connectivity index (χ0n) is 10.6. The minimum atomic E-state index is -1.13. The number of halogens is 1. The Balaban J connectivity index is 2.20. The van der Waals surface area contributed by atoms with Crippen LogP contribution in [-0.2, 0) is 0 Å². The van der Waals surface area contributed by atoms with Gasteiger partial charge in [0, 0.05) is 16.4 Å². The van der Waals surface area contributed by atoms with E-state index in [-0.39, 0.29) is 11.6 Å². The summed E-state index contributed by atoms with van der Waals surface area (Å²) in [5.41, 5.74) is 1.80. The van der Waals surface area contributed by atoms with Crippen LogP contribution in [0.5, 0.6) is 0 Å². The summed E-state index contributed by atoms with van der Waals surface area (Å²) in [5.74, 6) is -1.46. The maximum Gasteiger partial charge on any atom is 0.354 e. The average Bonchev–Trinajstić information content (AvgIpc) is 2.44. The van der Waals surface area contributed by atoms with Gasteiger partial charge in [-0.1, -0.05) is 22.0 Å². The summed E-state index contributed by atoms with van der Waals surface area (Å²) in [5, 5.41) is 11.5. The number of carbonyl (C=O) groups is 2. The molecule has 1 amide bonds. The van der Waals surface area contributed by atoms with Crippen LogP contribution in [0.3, 0.4) is 0 Å². The SMILES string of the molecule is Cc1c(Br)cccc1NC(=O)c1ccc(C(=O)O)nc1. The zero-order chi connectivity index (χ0) is 14.7. The fourth-order valence-electron chi connectivity index (χ4n) is 1.59. The molecule has 0 aliphatic carbocycles. The van der Waals surface area contributed by atoms with E-state index in [1.807, 2.05) is 19.1 Å². The number of aromatic carboxylic acids is 1. The van der Waals surface area contributed by atoms with Gasteiger partial charge in [-0.25, -0.2) is 9.78 Å². The summed E-state index contributed by atoms with van der Waals surface area (Å²) < 4.78 is 0.898. The Hall–Kier alpha value is -2.21. The maximum absolute atomic E-state index is 12.0. The van der Waals surface area contributed by atoms with Gasteiger partial charge in [0.15, 0.2) is 0 Å². The third-order valence-corrected chi connectivity index (χ3v) is 3.62. The molecule has 0 spiro atoms. The molecule has 0 saturated heterocycles. The molecule has 0 aliphatic rings. The second-order valence-electron chi connectivity index (χ2n) is 4.10. The Morgan fingerprint density at radius 2 is 2.00 bits per heavy atom. The topological polar surface area (TPSA) is 79.3 Å². The van der Waals surface area contributed by atoms with Crippen molar-refractivity contribution >= 4 is 33.5 Å². The lowest BCUT2D eigenvalue weighted by molar-refractivity contribution is 0.0690. The number of carboxylic acid groups (broad SMARTS) is 1. The van der Waals surface area contributed by atoms with Crippen LogP contribution in [0, 0.1) is 6.92 Å². The monoisotopic (exact) mass is 334 g/mol. The molecule has 0 saturated carbocycles. The maximum atomic E-state index is 12.0. The lowest BCUT2D eigenvalue weighted by atomic mass is 10.2. The van der Waals surface area contributed by atoms with Crippen molar-refractivity contribution in [2.45, 2.75) is 6.92 Å². The Morgan fingerprint density at radius 3 is 2.60 bits per heavy atom. The summed E-state index contributed by atoms with van der Waals surface area (Å²) in [4.78, 5) is 26.4. The molecule has 20 heavy (non-hydrogen) atoms. The highest BCUT2D eigenvalue weighted by molar-refractivity contribution is 9.10. The number of carbonyl (C=O) groups excluding carboxylic acids is 1. The lowest BCUT2D eigenvalue weighted by Crippen LogP contribution is -2.14. The summed E-state index contributed by atoms with van der Waals surface area (Å²) in [6, 6.07) is 8.22. The summed E-state index contributed by atoms with van der Waals surface area (Å²) >= 11 is 3.39. The molecule has 0 unspecified atom stereocenters. The van der Waals surface area contributed by atoms with E-state index >= 15 is 0 Å². The zero-order valence-corrected chi connectivity index (χ0v) is 12.1. The minimum absolute atomic E-state index is 0.0970. The Bertz CT molecular complexity index is 669. The van der Waals surface area contributed by atoms with E-state index in [1.165, 1.54) is 18.3 Å². The molecule has 0 radical (unpaired) electrons. The van der Waals surface area contributed by atoms with E-state index in [9.17, 15) is 9.59 Å². The third kappa shape index (κ3) is 3.03. The Morgan fingerprint density at radius 1 is 1.25 bits per heavy atom. The molecule has 0 fully saturated rings. The first-order valence-corrected chi connectivity index (χ1v) is 6.54. The van der Waals surface area contributed by atoms with Gasteiger partial charge >= 0.3 is 5.97 Å². The molecule has 0 atom stereocenters. The molecule has 102 valence electrons. The van der Waals surface area contributed by atoms with Gasteiger partial charge in [0.1, 0.15) is 5.69 Å². The number of nitrogens with one attached hydrogen (secondary N) is 1. The quantitative estimate of drug-likeness (QED) is 0.903. The highest BCUT2D eigenvalue weighted by atomic mass is 79.9. The van der Waals surface area contributed by atoms with Crippen molar-refractivity contribution in [3.05, 3.63) is 57.8 Å². The number of pyridine rings is 1. The molecular formula is C14H11BrN2O3. The minimum Gasteiger partial charge on any atom is -0.477 e. The van der Waals surface area contributed by atoms with Crippen molar-refractivity contribution in [3.63, 3.8) is 0 Å². The molecule has 0 bridgehead atoms. The average molecular weight is 335 g/mol. The third-order valence-electron chi connectivity index (χ3n) is 2.76. The van der Waals surface area contributed by atoms with Crippen LogP contribution < -0.4 is 5.32 Å². The first-order valence-electron chi connectivity index (χ1n) is 5.75. The summed E-state index contributed by atoms with van der Waals surface area (Å²) in [6.07, 6.45) is 1.24. The molecule has 5 nitrogen and oxygen atoms in total. The van der Waals surface area contributed by atoms with E-state index in [1.54, 1.807) is 6.07 Å². The van der Waals surface area contributed by atoms with E-state index in [0.29, 0.717) is 11.3 Å². The second-order valence-corrected chi connectivity index (χ2v) is 4.96. The van der Waals surface area contributed by atoms with Crippen molar-refractivity contribution in [1.29, 1.82) is 0 Å². The number of hydrogen-bond donors (Lipinski definition) is 2. The molecule has 0 aliphatic heterocycles. The van der Waals surface area contributed by atoms with Crippen LogP contribution in [-0.4, -0.2) is 22.0 Å². The van der Waals surface area contributed by atoms with Gasteiger partial charge in [-0.05, 0) is 36.8 Å². The number of rotatable bonds is 3. The normalized spacial score (nSPS) is 10.1. The van der Waals surface area contributed by atoms with Gasteiger partial charge in [-0.15, -0.1) is 0 Å². The van der Waals surface area contributed by atoms with Gasteiger partial charge in [-0.3, -0.25) is 4.79 Å². The number of aromatic nitrogens is 1. The fourth-order valence-corrected chi connectivity index (χ4v) is 1.96. The van der Waals surface area contributed by atoms with Gasteiger partial charge in [0.2, 0.25) is 0 Å². The summed E-state index contributed by atoms with van der Waals surface area (Å²) in [6.45, 7) is 1.88. The second kappa shape index (κ2) is 5.83. The van der Waals surface area contributed by atoms with Crippen molar-refractivity contribution in [2.24, 2.45) is 0 Å². The van der Waals surface area contributed by atoms with Crippen LogP contribution in [0.1, 0.15) is 26.4 Å². The molecule has 1 heterocycles. The lowest BCUT2D eigenvalue weighted by Gasteiger charge is -2.09. The molecule has 6 heteroatoms. The van der Waals surface area contributed by atoms with Crippen LogP contribution in [0.15, 0.2) is 41.0 Å². The molecular weight excluding hydrogens is 324 g/mol. The number of hydrogen-bond acceptors (Lipinski definition) is 3. The standard InChI is InChI=1S/C14H11BrN2O3/c1-8-10(15)3-2-4-11(8)17-13(18)9-5-6-12(14(19)20)16-7-9/h2-7H,1H3,(H,17,18)(H,19,20). The van der Waals surface area contributed by atoms with Gasteiger partial charge in [0.05, 0.1) is 5.56 Å². The highest BCUT2D eigenvalue weighted by Crippen LogP contribution is 2.23. The van der Waals surface area contributed by atoms with Crippen molar-refractivity contribution in [3.8, 4) is 0 Å². The first kappa shape index (κ1) is 14.2. The van der Waals surface area contributed by atoms with Crippen molar-refractivity contribution in [2.75, 3.05) is 5.32 Å². The van der Waals surface area contributed by atoms with E-state index in [0.717, 1.165) is 10.0 Å².